The standard InChI is InChI=1S/C22H21N3O6/c1-13-7-14(3-5-20(13)25(29)30)21(28)6-4-17-10-19(24-23-17)15-8-16(11-26)18(12-27)22(9-15)31-2/h3-10,26-27H,11-12H2,1-2H3,(H,23,24)/b6-4+. The molecule has 0 saturated heterocycles. The third kappa shape index (κ3) is 4.68. The summed E-state index contributed by atoms with van der Waals surface area (Å²) in [6.45, 7) is 1.05. The number of ketones is 1. The number of methoxy groups -OCH3 is 1. The zero-order valence-electron chi connectivity index (χ0n) is 17.0. The summed E-state index contributed by atoms with van der Waals surface area (Å²) < 4.78 is 5.30. The number of aromatic nitrogens is 2. The number of ether oxygens (including phenoxy) is 1. The van der Waals surface area contributed by atoms with Gasteiger partial charge in [0.2, 0.25) is 0 Å². The molecule has 2 aromatic carbocycles. The molecule has 0 aliphatic carbocycles. The first-order chi connectivity index (χ1) is 14.9. The summed E-state index contributed by atoms with van der Waals surface area (Å²) in [7, 11) is 1.48. The third-order valence-electron chi connectivity index (χ3n) is 4.84. The van der Waals surface area contributed by atoms with Crippen molar-refractivity contribution < 1.29 is 24.7 Å². The van der Waals surface area contributed by atoms with Crippen LogP contribution in [0.4, 0.5) is 5.69 Å². The van der Waals surface area contributed by atoms with Crippen LogP contribution in [0, 0.1) is 17.0 Å². The Balaban J connectivity index is 1.83. The molecule has 1 aromatic heterocycles. The summed E-state index contributed by atoms with van der Waals surface area (Å²) in [6, 6.07) is 9.35. The predicted octanol–water partition coefficient (Wildman–Crippen LogP) is 3.18. The fraction of sp³-hybridized carbons (Fsp3) is 0.182. The third-order valence-corrected chi connectivity index (χ3v) is 4.84. The van der Waals surface area contributed by atoms with Crippen LogP contribution < -0.4 is 4.74 Å². The van der Waals surface area contributed by atoms with Gasteiger partial charge in [0.1, 0.15) is 5.75 Å². The topological polar surface area (TPSA) is 139 Å². The van der Waals surface area contributed by atoms with Crippen LogP contribution in [0.3, 0.4) is 0 Å². The summed E-state index contributed by atoms with van der Waals surface area (Å²) in [5.41, 5.74) is 3.56. The van der Waals surface area contributed by atoms with Crippen molar-refractivity contribution in [3.8, 4) is 17.0 Å². The van der Waals surface area contributed by atoms with Gasteiger partial charge in [-0.25, -0.2) is 0 Å². The molecule has 1 heterocycles. The van der Waals surface area contributed by atoms with E-state index < -0.39 is 4.92 Å². The number of carbonyl (C=O) groups excluding carboxylic acids is 1. The first-order valence-electron chi connectivity index (χ1n) is 9.32. The summed E-state index contributed by atoms with van der Waals surface area (Å²) in [4.78, 5) is 22.8. The molecule has 0 radical (unpaired) electrons. The number of nitrogens with one attached hydrogen (secondary N) is 1. The highest BCUT2D eigenvalue weighted by molar-refractivity contribution is 6.07. The van der Waals surface area contributed by atoms with Crippen molar-refractivity contribution in [1.82, 2.24) is 10.2 Å². The van der Waals surface area contributed by atoms with Gasteiger partial charge in [-0.15, -0.1) is 0 Å². The van der Waals surface area contributed by atoms with Crippen LogP contribution in [0.25, 0.3) is 17.3 Å². The van der Waals surface area contributed by atoms with E-state index in [9.17, 15) is 25.1 Å². The van der Waals surface area contributed by atoms with E-state index in [1.54, 1.807) is 31.2 Å². The molecule has 0 amide bonds. The zero-order chi connectivity index (χ0) is 22.5. The molecule has 0 spiro atoms. The smallest absolute Gasteiger partial charge is 0.272 e. The minimum Gasteiger partial charge on any atom is -0.496 e. The number of H-pyrrole nitrogens is 1. The molecule has 3 N–H and O–H groups in total. The van der Waals surface area contributed by atoms with Crippen molar-refractivity contribution in [3.05, 3.63) is 80.5 Å². The highest BCUT2D eigenvalue weighted by Gasteiger charge is 2.14. The van der Waals surface area contributed by atoms with Gasteiger partial charge in [0.05, 0.1) is 36.6 Å². The molecule has 0 saturated carbocycles. The van der Waals surface area contributed by atoms with E-state index >= 15 is 0 Å². The number of aliphatic hydroxyl groups excluding tert-OH is 2. The number of benzene rings is 2. The summed E-state index contributed by atoms with van der Waals surface area (Å²) in [6.07, 6.45) is 2.91. The lowest BCUT2D eigenvalue weighted by molar-refractivity contribution is -0.385. The van der Waals surface area contributed by atoms with Crippen LogP contribution in [-0.4, -0.2) is 38.2 Å². The molecular weight excluding hydrogens is 402 g/mol. The number of hydrogen-bond acceptors (Lipinski definition) is 7. The molecule has 31 heavy (non-hydrogen) atoms. The number of aryl methyl sites for hydroxylation is 1. The Morgan fingerprint density at radius 1 is 1.23 bits per heavy atom. The van der Waals surface area contributed by atoms with E-state index in [0.29, 0.717) is 45.0 Å². The molecule has 9 heteroatoms. The highest BCUT2D eigenvalue weighted by atomic mass is 16.6. The summed E-state index contributed by atoms with van der Waals surface area (Å²) >= 11 is 0. The van der Waals surface area contributed by atoms with E-state index in [1.807, 2.05) is 0 Å². The van der Waals surface area contributed by atoms with E-state index in [0.717, 1.165) is 0 Å². The predicted molar refractivity (Wildman–Crippen MR) is 114 cm³/mol. The largest absolute Gasteiger partial charge is 0.496 e. The Labute approximate surface area is 177 Å². The van der Waals surface area contributed by atoms with E-state index in [2.05, 4.69) is 10.2 Å². The van der Waals surface area contributed by atoms with Gasteiger partial charge in [-0.1, -0.05) is 0 Å². The first-order valence-corrected chi connectivity index (χ1v) is 9.32. The molecule has 3 aromatic rings. The van der Waals surface area contributed by atoms with Crippen molar-refractivity contribution >= 4 is 17.5 Å². The number of aromatic amines is 1. The van der Waals surface area contributed by atoms with Gasteiger partial charge in [-0.3, -0.25) is 20.0 Å². The van der Waals surface area contributed by atoms with Crippen LogP contribution in [0.5, 0.6) is 5.75 Å². The maximum absolute atomic E-state index is 12.4. The average Bonchev–Trinajstić information content (AvgIpc) is 3.25. The lowest BCUT2D eigenvalue weighted by atomic mass is 10.0. The van der Waals surface area contributed by atoms with Gasteiger partial charge in [0, 0.05) is 28.3 Å². The molecular formula is C22H21N3O6. The quantitative estimate of drug-likeness (QED) is 0.219. The van der Waals surface area contributed by atoms with Crippen LogP contribution >= 0.6 is 0 Å². The van der Waals surface area contributed by atoms with Gasteiger partial charge < -0.3 is 14.9 Å². The number of nitro groups is 1. The number of nitrogens with zero attached hydrogens (tertiary/aromatic N) is 2. The van der Waals surface area contributed by atoms with Gasteiger partial charge in [0.15, 0.2) is 5.78 Å². The Morgan fingerprint density at radius 3 is 2.61 bits per heavy atom. The van der Waals surface area contributed by atoms with Crippen molar-refractivity contribution in [3.63, 3.8) is 0 Å². The van der Waals surface area contributed by atoms with Crippen molar-refractivity contribution in [2.45, 2.75) is 20.1 Å². The van der Waals surface area contributed by atoms with Gasteiger partial charge in [-0.2, -0.15) is 5.10 Å². The Kier molecular flexibility index (Phi) is 6.58. The van der Waals surface area contributed by atoms with Gasteiger partial charge >= 0.3 is 0 Å². The summed E-state index contributed by atoms with van der Waals surface area (Å²) in [5, 5.41) is 37.1. The van der Waals surface area contributed by atoms with Crippen LogP contribution in [0.15, 0.2) is 42.5 Å². The number of hydrogen-bond donors (Lipinski definition) is 3. The second-order valence-electron chi connectivity index (χ2n) is 6.80. The SMILES string of the molecule is COc1cc(-c2cc(/C=C/C(=O)c3ccc([N+](=O)[O-])c(C)c3)[nH]n2)cc(CO)c1CO. The summed E-state index contributed by atoms with van der Waals surface area (Å²) in [5.74, 6) is 0.138. The molecule has 0 atom stereocenters. The van der Waals surface area contributed by atoms with Crippen LogP contribution in [0.2, 0.25) is 0 Å². The van der Waals surface area contributed by atoms with Gasteiger partial charge in [0.25, 0.3) is 5.69 Å². The van der Waals surface area contributed by atoms with Gasteiger partial charge in [-0.05, 0) is 55.0 Å². The lowest BCUT2D eigenvalue weighted by Crippen LogP contribution is -1.99. The minimum absolute atomic E-state index is 0.0383. The molecule has 3 rings (SSSR count). The van der Waals surface area contributed by atoms with Crippen LogP contribution in [0.1, 0.15) is 32.7 Å². The number of aliphatic hydroxyl groups is 2. The minimum atomic E-state index is -0.490. The maximum Gasteiger partial charge on any atom is 0.272 e. The Morgan fingerprint density at radius 2 is 2.00 bits per heavy atom. The van der Waals surface area contributed by atoms with E-state index in [-0.39, 0.29) is 24.7 Å². The second kappa shape index (κ2) is 9.33. The average molecular weight is 423 g/mol. The molecule has 0 bridgehead atoms. The fourth-order valence-corrected chi connectivity index (χ4v) is 3.20. The number of nitro benzene ring substituents is 1. The second-order valence-corrected chi connectivity index (χ2v) is 6.80. The first kappa shape index (κ1) is 21.9. The lowest BCUT2D eigenvalue weighted by Gasteiger charge is -2.12. The van der Waals surface area contributed by atoms with Crippen molar-refractivity contribution in [1.29, 1.82) is 0 Å². The number of carbonyl (C=O) groups is 1. The Bertz CT molecular complexity index is 1140. The zero-order valence-corrected chi connectivity index (χ0v) is 17.0. The molecule has 0 aliphatic heterocycles. The van der Waals surface area contributed by atoms with Crippen LogP contribution in [-0.2, 0) is 13.2 Å². The van der Waals surface area contributed by atoms with Crippen molar-refractivity contribution in [2.75, 3.05) is 7.11 Å². The van der Waals surface area contributed by atoms with E-state index in [1.165, 1.54) is 31.4 Å². The molecule has 0 fully saturated rings. The molecule has 160 valence electrons. The molecule has 0 aliphatic rings. The fourth-order valence-electron chi connectivity index (χ4n) is 3.20. The number of rotatable bonds is 8. The van der Waals surface area contributed by atoms with Crippen molar-refractivity contribution in [2.24, 2.45) is 0 Å². The number of allylic oxidation sites excluding steroid dienone is 1. The Hall–Kier alpha value is -3.82. The van der Waals surface area contributed by atoms with E-state index in [4.69, 9.17) is 4.74 Å². The monoisotopic (exact) mass is 423 g/mol. The highest BCUT2D eigenvalue weighted by Crippen LogP contribution is 2.30. The molecule has 9 nitrogen and oxygen atoms in total. The maximum atomic E-state index is 12.4. The molecule has 0 unspecified atom stereocenters. The normalized spacial score (nSPS) is 11.1.